The highest BCUT2D eigenvalue weighted by Crippen LogP contribution is 2.09. The van der Waals surface area contributed by atoms with Crippen LogP contribution in [0.4, 0.5) is 0 Å². The summed E-state index contributed by atoms with van der Waals surface area (Å²) in [5, 5.41) is 0.565. The Kier molecular flexibility index (Phi) is 4.73. The SMILES string of the molecule is CC(C)CCC(=O)N(C)Cc1nc2ccccc2c(=O)[nH]1. The largest absolute Gasteiger partial charge is 0.338 e. The van der Waals surface area contributed by atoms with Crippen molar-refractivity contribution < 1.29 is 4.79 Å². The molecular formula is C16H21N3O2. The van der Waals surface area contributed by atoms with Crippen molar-refractivity contribution in [3.8, 4) is 0 Å². The molecule has 0 saturated carbocycles. The Morgan fingerprint density at radius 3 is 2.76 bits per heavy atom. The van der Waals surface area contributed by atoms with E-state index in [1.165, 1.54) is 0 Å². The van der Waals surface area contributed by atoms with E-state index in [9.17, 15) is 9.59 Å². The van der Waals surface area contributed by atoms with Crippen molar-refractivity contribution in [2.45, 2.75) is 33.2 Å². The lowest BCUT2D eigenvalue weighted by molar-refractivity contribution is -0.130. The number of H-pyrrole nitrogens is 1. The highest BCUT2D eigenvalue weighted by atomic mass is 16.2. The number of fused-ring (bicyclic) bond motifs is 1. The first-order chi connectivity index (χ1) is 9.97. The number of hydrogen-bond acceptors (Lipinski definition) is 3. The zero-order valence-corrected chi connectivity index (χ0v) is 12.7. The zero-order chi connectivity index (χ0) is 15.4. The van der Waals surface area contributed by atoms with E-state index in [-0.39, 0.29) is 11.5 Å². The Morgan fingerprint density at radius 2 is 2.05 bits per heavy atom. The van der Waals surface area contributed by atoms with E-state index in [2.05, 4.69) is 23.8 Å². The quantitative estimate of drug-likeness (QED) is 0.917. The molecule has 0 spiro atoms. The number of nitrogens with one attached hydrogen (secondary N) is 1. The summed E-state index contributed by atoms with van der Waals surface area (Å²) in [4.78, 5) is 32.7. The van der Waals surface area contributed by atoms with Gasteiger partial charge in [-0.25, -0.2) is 4.98 Å². The molecule has 0 aliphatic rings. The van der Waals surface area contributed by atoms with E-state index >= 15 is 0 Å². The highest BCUT2D eigenvalue weighted by molar-refractivity contribution is 5.77. The Morgan fingerprint density at radius 1 is 1.33 bits per heavy atom. The third kappa shape index (κ3) is 3.90. The van der Waals surface area contributed by atoms with E-state index in [0.29, 0.717) is 35.6 Å². The molecule has 0 bridgehead atoms. The molecule has 0 saturated heterocycles. The van der Waals surface area contributed by atoms with Crippen LogP contribution in [0.3, 0.4) is 0 Å². The lowest BCUT2D eigenvalue weighted by Crippen LogP contribution is -2.28. The Bertz CT molecular complexity index is 691. The second-order valence-electron chi connectivity index (χ2n) is 5.71. The summed E-state index contributed by atoms with van der Waals surface area (Å²) in [7, 11) is 1.73. The third-order valence-electron chi connectivity index (χ3n) is 3.41. The van der Waals surface area contributed by atoms with Crippen molar-refractivity contribution in [3.05, 3.63) is 40.4 Å². The van der Waals surface area contributed by atoms with Gasteiger partial charge in [-0.2, -0.15) is 0 Å². The second kappa shape index (κ2) is 6.52. The van der Waals surface area contributed by atoms with Crippen LogP contribution in [0, 0.1) is 5.92 Å². The van der Waals surface area contributed by atoms with Gasteiger partial charge in [-0.3, -0.25) is 9.59 Å². The van der Waals surface area contributed by atoms with Crippen LogP contribution in [0.1, 0.15) is 32.5 Å². The van der Waals surface area contributed by atoms with Gasteiger partial charge in [0.05, 0.1) is 17.4 Å². The minimum absolute atomic E-state index is 0.0690. The summed E-state index contributed by atoms with van der Waals surface area (Å²) >= 11 is 0. The van der Waals surface area contributed by atoms with E-state index in [4.69, 9.17) is 0 Å². The summed E-state index contributed by atoms with van der Waals surface area (Å²) in [6.45, 7) is 4.50. The van der Waals surface area contributed by atoms with Gasteiger partial charge in [-0.15, -0.1) is 0 Å². The molecule has 1 N–H and O–H groups in total. The van der Waals surface area contributed by atoms with E-state index < -0.39 is 0 Å². The fourth-order valence-electron chi connectivity index (χ4n) is 2.13. The standard InChI is InChI=1S/C16H21N3O2/c1-11(2)8-9-15(20)19(3)10-14-17-13-7-5-4-6-12(13)16(21)18-14/h4-7,11H,8-10H2,1-3H3,(H,17,18,21). The zero-order valence-electron chi connectivity index (χ0n) is 12.7. The van der Waals surface area contributed by atoms with Crippen LogP contribution in [0.15, 0.2) is 29.1 Å². The number of benzene rings is 1. The molecule has 0 fully saturated rings. The van der Waals surface area contributed by atoms with Crippen molar-refractivity contribution >= 4 is 16.8 Å². The summed E-state index contributed by atoms with van der Waals surface area (Å²) in [6.07, 6.45) is 1.39. The molecule has 21 heavy (non-hydrogen) atoms. The molecular weight excluding hydrogens is 266 g/mol. The molecule has 5 heteroatoms. The number of aromatic amines is 1. The lowest BCUT2D eigenvalue weighted by Gasteiger charge is -2.17. The minimum atomic E-state index is -0.168. The highest BCUT2D eigenvalue weighted by Gasteiger charge is 2.12. The second-order valence-corrected chi connectivity index (χ2v) is 5.71. The van der Waals surface area contributed by atoms with Crippen molar-refractivity contribution in [2.75, 3.05) is 7.05 Å². The number of aromatic nitrogens is 2. The molecule has 1 heterocycles. The molecule has 2 rings (SSSR count). The first-order valence-corrected chi connectivity index (χ1v) is 7.19. The maximum absolute atomic E-state index is 12.0. The van der Waals surface area contributed by atoms with Crippen molar-refractivity contribution in [1.82, 2.24) is 14.9 Å². The molecule has 0 atom stereocenters. The van der Waals surface area contributed by atoms with Gasteiger partial charge in [0.1, 0.15) is 5.82 Å². The van der Waals surface area contributed by atoms with Crippen molar-refractivity contribution in [1.29, 1.82) is 0 Å². The molecule has 112 valence electrons. The maximum atomic E-state index is 12.0. The van der Waals surface area contributed by atoms with Gasteiger partial charge in [0.25, 0.3) is 5.56 Å². The number of carbonyl (C=O) groups is 1. The fourth-order valence-corrected chi connectivity index (χ4v) is 2.13. The smallest absolute Gasteiger partial charge is 0.258 e. The number of para-hydroxylation sites is 1. The summed E-state index contributed by atoms with van der Waals surface area (Å²) in [6, 6.07) is 7.19. The van der Waals surface area contributed by atoms with E-state index in [1.54, 1.807) is 30.1 Å². The van der Waals surface area contributed by atoms with Gasteiger partial charge < -0.3 is 9.88 Å². The molecule has 0 radical (unpaired) electrons. The van der Waals surface area contributed by atoms with Gasteiger partial charge in [0, 0.05) is 13.5 Å². The van der Waals surface area contributed by atoms with Gasteiger partial charge in [-0.05, 0) is 24.5 Å². The van der Waals surface area contributed by atoms with Crippen LogP contribution >= 0.6 is 0 Å². The predicted molar refractivity (Wildman–Crippen MR) is 82.9 cm³/mol. The van der Waals surface area contributed by atoms with Crippen LogP contribution < -0.4 is 5.56 Å². The van der Waals surface area contributed by atoms with Gasteiger partial charge in [0.2, 0.25) is 5.91 Å². The summed E-state index contributed by atoms with van der Waals surface area (Å²) < 4.78 is 0. The molecule has 0 aliphatic carbocycles. The third-order valence-corrected chi connectivity index (χ3v) is 3.41. The average Bonchev–Trinajstić information content (AvgIpc) is 2.44. The first kappa shape index (κ1) is 15.2. The van der Waals surface area contributed by atoms with Crippen molar-refractivity contribution in [3.63, 3.8) is 0 Å². The molecule has 2 aromatic rings. The van der Waals surface area contributed by atoms with Gasteiger partial charge >= 0.3 is 0 Å². The van der Waals surface area contributed by atoms with Gasteiger partial charge in [0.15, 0.2) is 0 Å². The number of hydrogen-bond donors (Lipinski definition) is 1. The number of carbonyl (C=O) groups excluding carboxylic acids is 1. The summed E-state index contributed by atoms with van der Waals surface area (Å²) in [5.41, 5.74) is 0.484. The normalized spacial score (nSPS) is 11.0. The monoisotopic (exact) mass is 287 g/mol. The number of amides is 1. The maximum Gasteiger partial charge on any atom is 0.258 e. The molecule has 1 aromatic heterocycles. The predicted octanol–water partition coefficient (Wildman–Crippen LogP) is 2.32. The Labute approximate surface area is 124 Å². The topological polar surface area (TPSA) is 66.1 Å². The molecule has 0 unspecified atom stereocenters. The minimum Gasteiger partial charge on any atom is -0.338 e. The van der Waals surface area contributed by atoms with E-state index in [1.807, 2.05) is 6.07 Å². The molecule has 5 nitrogen and oxygen atoms in total. The number of nitrogens with zero attached hydrogens (tertiary/aromatic N) is 2. The number of rotatable bonds is 5. The fraction of sp³-hybridized carbons (Fsp3) is 0.438. The average molecular weight is 287 g/mol. The molecule has 1 amide bonds. The van der Waals surface area contributed by atoms with Crippen LogP contribution in [0.25, 0.3) is 10.9 Å². The van der Waals surface area contributed by atoms with Crippen LogP contribution in [0.5, 0.6) is 0 Å². The van der Waals surface area contributed by atoms with Crippen LogP contribution in [-0.2, 0) is 11.3 Å². The Balaban J connectivity index is 2.12. The molecule has 1 aromatic carbocycles. The summed E-state index contributed by atoms with van der Waals surface area (Å²) in [5.74, 6) is 1.08. The first-order valence-electron chi connectivity index (χ1n) is 7.19. The van der Waals surface area contributed by atoms with Crippen molar-refractivity contribution in [2.24, 2.45) is 5.92 Å². The lowest BCUT2D eigenvalue weighted by atomic mass is 10.1. The van der Waals surface area contributed by atoms with Gasteiger partial charge in [-0.1, -0.05) is 26.0 Å². The van der Waals surface area contributed by atoms with Crippen LogP contribution in [0.2, 0.25) is 0 Å². The molecule has 0 aliphatic heterocycles. The van der Waals surface area contributed by atoms with E-state index in [0.717, 1.165) is 6.42 Å². The van der Waals surface area contributed by atoms with Crippen LogP contribution in [-0.4, -0.2) is 27.8 Å². The Hall–Kier alpha value is -2.17.